The predicted molar refractivity (Wildman–Crippen MR) is 55.6 cm³/mol. The maximum atomic E-state index is 11.0. The Bertz CT molecular complexity index is 265. The lowest BCUT2D eigenvalue weighted by molar-refractivity contribution is -0.177. The Morgan fingerprint density at radius 2 is 1.92 bits per heavy atom. The van der Waals surface area contributed by atoms with Gasteiger partial charge >= 0.3 is 5.97 Å². The molecule has 0 spiro atoms. The average Bonchev–Trinajstić information content (AvgIpc) is 2.15. The fourth-order valence-electron chi connectivity index (χ4n) is 0.799. The minimum absolute atomic E-state index is 0.346. The van der Waals surface area contributed by atoms with Crippen molar-refractivity contribution in [2.45, 2.75) is 32.7 Å². The molecule has 1 rings (SSSR count). The van der Waals surface area contributed by atoms with Gasteiger partial charge in [0.1, 0.15) is 4.48 Å². The fraction of sp³-hybridized carbons (Fsp3) is 0.625. The third-order valence-electron chi connectivity index (χ3n) is 1.27. The molecule has 1 aliphatic heterocycles. The first-order valence-electron chi connectivity index (χ1n) is 3.75. The van der Waals surface area contributed by atoms with Crippen molar-refractivity contribution >= 4 is 37.8 Å². The highest BCUT2D eigenvalue weighted by molar-refractivity contribution is 9.14. The maximum absolute atomic E-state index is 11.0. The summed E-state index contributed by atoms with van der Waals surface area (Å²) in [6, 6.07) is 0. The first-order chi connectivity index (χ1) is 5.81. The number of carbonyl (C=O) groups excluding carboxylic acids is 1. The summed E-state index contributed by atoms with van der Waals surface area (Å²) in [5.74, 6) is -0.402. The van der Waals surface area contributed by atoms with Gasteiger partial charge < -0.3 is 9.47 Å². The van der Waals surface area contributed by atoms with Crippen LogP contribution in [0, 0.1) is 0 Å². The number of rotatable bonds is 1. The summed E-state index contributed by atoms with van der Waals surface area (Å²) in [5.41, 5.74) is -0.346. The van der Waals surface area contributed by atoms with E-state index in [2.05, 4.69) is 31.9 Å². The fourth-order valence-corrected chi connectivity index (χ4v) is 1.43. The number of cyclic esters (lactones) is 1. The molecule has 0 aromatic heterocycles. The summed E-state index contributed by atoms with van der Waals surface area (Å²) < 4.78 is 11.4. The third-order valence-corrected chi connectivity index (χ3v) is 3.32. The highest BCUT2D eigenvalue weighted by Gasteiger charge is 2.34. The van der Waals surface area contributed by atoms with E-state index in [0.717, 1.165) is 0 Å². The van der Waals surface area contributed by atoms with Crippen LogP contribution in [0.4, 0.5) is 0 Å². The topological polar surface area (TPSA) is 35.5 Å². The van der Waals surface area contributed by atoms with Crippen molar-refractivity contribution in [3.05, 3.63) is 8.96 Å². The van der Waals surface area contributed by atoms with Gasteiger partial charge in [-0.15, -0.1) is 0 Å². The van der Waals surface area contributed by atoms with Crippen LogP contribution in [0.5, 0.6) is 0 Å². The third kappa shape index (κ3) is 2.79. The lowest BCUT2D eigenvalue weighted by Gasteiger charge is -2.23. The number of halogens is 2. The van der Waals surface area contributed by atoms with Crippen molar-refractivity contribution in [3.8, 4) is 0 Å². The molecule has 0 radical (unpaired) electrons. The molecule has 1 unspecified atom stereocenters. The Kier molecular flexibility index (Phi) is 3.20. The number of esters is 1. The van der Waals surface area contributed by atoms with Crippen LogP contribution in [0.1, 0.15) is 20.8 Å². The van der Waals surface area contributed by atoms with E-state index in [1.807, 2.05) is 20.8 Å². The molecule has 3 nitrogen and oxygen atoms in total. The van der Waals surface area contributed by atoms with Crippen molar-refractivity contribution in [2.24, 2.45) is 0 Å². The number of carbonyl (C=O) groups is 1. The molecule has 0 bridgehead atoms. The zero-order chi connectivity index (χ0) is 10.2. The van der Waals surface area contributed by atoms with Crippen LogP contribution in [0.15, 0.2) is 8.96 Å². The van der Waals surface area contributed by atoms with Gasteiger partial charge in [-0.1, -0.05) is 0 Å². The summed E-state index contributed by atoms with van der Waals surface area (Å²) in [6.07, 6.45) is -0.623. The van der Waals surface area contributed by atoms with E-state index in [1.165, 1.54) is 0 Å². The number of hydrogen-bond acceptors (Lipinski definition) is 3. The minimum Gasteiger partial charge on any atom is -0.427 e. The summed E-state index contributed by atoms with van der Waals surface area (Å²) in [5, 5.41) is 0. The van der Waals surface area contributed by atoms with Gasteiger partial charge in [0, 0.05) is 0 Å². The SMILES string of the molecule is CC(C)(C)OC1OC(=O)C(Br)=C1Br. The van der Waals surface area contributed by atoms with E-state index in [9.17, 15) is 4.79 Å². The average molecular weight is 314 g/mol. The highest BCUT2D eigenvalue weighted by atomic mass is 79.9. The Morgan fingerprint density at radius 1 is 1.38 bits per heavy atom. The van der Waals surface area contributed by atoms with Crippen LogP contribution in [0.3, 0.4) is 0 Å². The van der Waals surface area contributed by atoms with Gasteiger partial charge in [0.15, 0.2) is 0 Å². The van der Waals surface area contributed by atoms with E-state index >= 15 is 0 Å². The molecule has 1 heterocycles. The molecule has 74 valence electrons. The van der Waals surface area contributed by atoms with Crippen LogP contribution in [0.25, 0.3) is 0 Å². The molecule has 5 heteroatoms. The number of hydrogen-bond donors (Lipinski definition) is 0. The molecule has 1 aliphatic rings. The van der Waals surface area contributed by atoms with Gasteiger partial charge in [-0.25, -0.2) is 4.79 Å². The van der Waals surface area contributed by atoms with E-state index in [4.69, 9.17) is 9.47 Å². The van der Waals surface area contributed by atoms with Gasteiger partial charge in [0.05, 0.1) is 10.1 Å². The van der Waals surface area contributed by atoms with Gasteiger partial charge in [-0.3, -0.25) is 0 Å². The zero-order valence-corrected chi connectivity index (χ0v) is 10.7. The lowest BCUT2D eigenvalue weighted by Crippen LogP contribution is -2.28. The van der Waals surface area contributed by atoms with Crippen LogP contribution < -0.4 is 0 Å². The van der Waals surface area contributed by atoms with Gasteiger partial charge in [-0.05, 0) is 52.6 Å². The standard InChI is InChI=1S/C8H10Br2O3/c1-8(2,3)13-7-5(10)4(9)6(11)12-7/h7H,1-3H3. The summed E-state index contributed by atoms with van der Waals surface area (Å²) in [6.45, 7) is 5.69. The van der Waals surface area contributed by atoms with Crippen LogP contribution in [-0.2, 0) is 14.3 Å². The first-order valence-corrected chi connectivity index (χ1v) is 5.34. The van der Waals surface area contributed by atoms with Crippen LogP contribution in [0.2, 0.25) is 0 Å². The van der Waals surface area contributed by atoms with Gasteiger partial charge in [0.25, 0.3) is 0 Å². The summed E-state index contributed by atoms with van der Waals surface area (Å²) in [4.78, 5) is 11.0. The molecular formula is C8H10Br2O3. The first kappa shape index (κ1) is 11.2. The second-order valence-electron chi connectivity index (χ2n) is 3.63. The molecule has 0 aliphatic carbocycles. The monoisotopic (exact) mass is 312 g/mol. The van der Waals surface area contributed by atoms with E-state index < -0.39 is 12.3 Å². The molecule has 0 saturated carbocycles. The van der Waals surface area contributed by atoms with Crippen LogP contribution in [-0.4, -0.2) is 17.9 Å². The molecule has 0 aromatic carbocycles. The number of ether oxygens (including phenoxy) is 2. The Labute approximate surface area is 93.7 Å². The second kappa shape index (κ2) is 3.71. The lowest BCUT2D eigenvalue weighted by atomic mass is 10.2. The predicted octanol–water partition coefficient (Wildman–Crippen LogP) is 2.69. The Hall–Kier alpha value is 0.130. The zero-order valence-electron chi connectivity index (χ0n) is 7.56. The Morgan fingerprint density at radius 3 is 2.23 bits per heavy atom. The summed E-state index contributed by atoms with van der Waals surface area (Å²) in [7, 11) is 0. The van der Waals surface area contributed by atoms with E-state index in [0.29, 0.717) is 8.96 Å². The molecule has 0 saturated heterocycles. The normalized spacial score (nSPS) is 23.8. The minimum atomic E-state index is -0.623. The molecule has 0 amide bonds. The second-order valence-corrected chi connectivity index (χ2v) is 5.28. The highest BCUT2D eigenvalue weighted by Crippen LogP contribution is 2.33. The molecule has 0 fully saturated rings. The van der Waals surface area contributed by atoms with Gasteiger partial charge in [0.2, 0.25) is 6.29 Å². The molecule has 0 aromatic rings. The van der Waals surface area contributed by atoms with Crippen molar-refractivity contribution in [2.75, 3.05) is 0 Å². The van der Waals surface area contributed by atoms with E-state index in [1.54, 1.807) is 0 Å². The van der Waals surface area contributed by atoms with Crippen molar-refractivity contribution < 1.29 is 14.3 Å². The largest absolute Gasteiger partial charge is 0.427 e. The quantitative estimate of drug-likeness (QED) is 0.698. The molecular weight excluding hydrogens is 304 g/mol. The smallest absolute Gasteiger partial charge is 0.348 e. The van der Waals surface area contributed by atoms with Crippen LogP contribution >= 0.6 is 31.9 Å². The van der Waals surface area contributed by atoms with Crippen molar-refractivity contribution in [3.63, 3.8) is 0 Å². The van der Waals surface area contributed by atoms with Gasteiger partial charge in [-0.2, -0.15) is 0 Å². The van der Waals surface area contributed by atoms with E-state index in [-0.39, 0.29) is 5.60 Å². The van der Waals surface area contributed by atoms with Crippen molar-refractivity contribution in [1.29, 1.82) is 0 Å². The molecule has 0 N–H and O–H groups in total. The summed E-state index contributed by atoms with van der Waals surface area (Å²) >= 11 is 6.32. The Balaban J connectivity index is 2.72. The molecule has 1 atom stereocenters. The maximum Gasteiger partial charge on any atom is 0.348 e. The molecule has 13 heavy (non-hydrogen) atoms. The van der Waals surface area contributed by atoms with Crippen molar-refractivity contribution in [1.82, 2.24) is 0 Å².